The van der Waals surface area contributed by atoms with Gasteiger partial charge in [-0.1, -0.05) is 13.8 Å². The summed E-state index contributed by atoms with van der Waals surface area (Å²) in [4.78, 5) is 1.35. The lowest BCUT2D eigenvalue weighted by molar-refractivity contribution is 0.504. The zero-order chi connectivity index (χ0) is 13.7. The first-order valence-electron chi connectivity index (χ1n) is 6.80. The van der Waals surface area contributed by atoms with Gasteiger partial charge in [0.25, 0.3) is 0 Å². The number of tetrazole rings is 1. The Morgan fingerprint density at radius 2 is 2.26 bits per heavy atom. The summed E-state index contributed by atoms with van der Waals surface area (Å²) in [5, 5.41) is 17.6. The topological polar surface area (TPSA) is 55.6 Å². The van der Waals surface area contributed by atoms with Crippen LogP contribution in [0.2, 0.25) is 0 Å². The Labute approximate surface area is 118 Å². The van der Waals surface area contributed by atoms with Crippen LogP contribution in [0.3, 0.4) is 0 Å². The molecule has 19 heavy (non-hydrogen) atoms. The molecule has 0 fully saturated rings. The fourth-order valence-electron chi connectivity index (χ4n) is 2.04. The van der Waals surface area contributed by atoms with Crippen LogP contribution in [0.4, 0.5) is 0 Å². The molecular weight excluding hydrogens is 258 g/mol. The van der Waals surface area contributed by atoms with Crippen molar-refractivity contribution in [1.29, 1.82) is 0 Å². The van der Waals surface area contributed by atoms with E-state index in [1.807, 2.05) is 4.68 Å². The molecule has 0 bridgehead atoms. The molecule has 0 amide bonds. The van der Waals surface area contributed by atoms with E-state index in [9.17, 15) is 0 Å². The Kier molecular flexibility index (Phi) is 5.04. The summed E-state index contributed by atoms with van der Waals surface area (Å²) < 4.78 is 1.90. The van der Waals surface area contributed by atoms with E-state index in [-0.39, 0.29) is 6.04 Å². The molecule has 2 heterocycles. The molecule has 0 spiro atoms. The molecular formula is C13H21N5S. The van der Waals surface area contributed by atoms with Crippen LogP contribution < -0.4 is 5.32 Å². The van der Waals surface area contributed by atoms with Crippen LogP contribution in [0.25, 0.3) is 0 Å². The standard InChI is InChI=1S/C13H21N5S/c1-4-7-14-10(3)13-15-16-17-18(13)9-12-11(5-2)6-8-19-12/h6,8,10,14H,4-5,7,9H2,1-3H3. The molecule has 0 saturated carbocycles. The third-order valence-corrected chi connectivity index (χ3v) is 4.11. The molecule has 0 aliphatic rings. The van der Waals surface area contributed by atoms with Gasteiger partial charge in [0.05, 0.1) is 12.6 Å². The summed E-state index contributed by atoms with van der Waals surface area (Å²) in [6.07, 6.45) is 2.16. The van der Waals surface area contributed by atoms with Gasteiger partial charge in [-0.2, -0.15) is 0 Å². The average molecular weight is 279 g/mol. The van der Waals surface area contributed by atoms with Crippen molar-refractivity contribution in [3.8, 4) is 0 Å². The minimum absolute atomic E-state index is 0.181. The molecule has 0 radical (unpaired) electrons. The molecule has 5 nitrogen and oxygen atoms in total. The molecule has 104 valence electrons. The van der Waals surface area contributed by atoms with Gasteiger partial charge in [0, 0.05) is 4.88 Å². The van der Waals surface area contributed by atoms with E-state index in [1.54, 1.807) is 11.3 Å². The van der Waals surface area contributed by atoms with Crippen LogP contribution in [-0.4, -0.2) is 26.8 Å². The minimum Gasteiger partial charge on any atom is -0.307 e. The van der Waals surface area contributed by atoms with Gasteiger partial charge in [0.15, 0.2) is 5.82 Å². The summed E-state index contributed by atoms with van der Waals surface area (Å²) >= 11 is 1.77. The maximum absolute atomic E-state index is 4.15. The van der Waals surface area contributed by atoms with Gasteiger partial charge in [-0.25, -0.2) is 4.68 Å². The molecule has 2 rings (SSSR count). The van der Waals surface area contributed by atoms with E-state index < -0.39 is 0 Å². The Morgan fingerprint density at radius 3 is 3.00 bits per heavy atom. The van der Waals surface area contributed by atoms with Crippen molar-refractivity contribution in [1.82, 2.24) is 25.5 Å². The summed E-state index contributed by atoms with van der Waals surface area (Å²) in [5.41, 5.74) is 1.39. The fourth-order valence-corrected chi connectivity index (χ4v) is 3.00. The first-order chi connectivity index (χ1) is 9.26. The number of rotatable bonds is 7. The lowest BCUT2D eigenvalue weighted by Crippen LogP contribution is -2.23. The molecule has 1 unspecified atom stereocenters. The Balaban J connectivity index is 2.11. The van der Waals surface area contributed by atoms with Gasteiger partial charge in [-0.3, -0.25) is 0 Å². The maximum atomic E-state index is 4.15. The number of nitrogens with zero attached hydrogens (tertiary/aromatic N) is 4. The zero-order valence-corrected chi connectivity index (χ0v) is 12.6. The molecule has 0 aromatic carbocycles. The summed E-state index contributed by atoms with van der Waals surface area (Å²) in [6, 6.07) is 2.36. The maximum Gasteiger partial charge on any atom is 0.168 e. The second-order valence-electron chi connectivity index (χ2n) is 4.59. The number of aryl methyl sites for hydroxylation is 1. The summed E-state index contributed by atoms with van der Waals surface area (Å²) in [5.74, 6) is 0.906. The largest absolute Gasteiger partial charge is 0.307 e. The van der Waals surface area contributed by atoms with Crippen molar-refractivity contribution in [3.63, 3.8) is 0 Å². The second-order valence-corrected chi connectivity index (χ2v) is 5.59. The van der Waals surface area contributed by atoms with Crippen LogP contribution >= 0.6 is 11.3 Å². The molecule has 0 aliphatic heterocycles. The second kappa shape index (κ2) is 6.77. The highest BCUT2D eigenvalue weighted by Gasteiger charge is 2.15. The normalized spacial score (nSPS) is 12.8. The van der Waals surface area contributed by atoms with Gasteiger partial charge in [-0.15, -0.1) is 16.4 Å². The molecule has 0 aliphatic carbocycles. The Morgan fingerprint density at radius 1 is 1.42 bits per heavy atom. The predicted molar refractivity (Wildman–Crippen MR) is 77.3 cm³/mol. The third-order valence-electron chi connectivity index (χ3n) is 3.16. The summed E-state index contributed by atoms with van der Waals surface area (Å²) in [6.45, 7) is 8.18. The van der Waals surface area contributed by atoms with Crippen molar-refractivity contribution in [2.45, 2.75) is 46.2 Å². The minimum atomic E-state index is 0.181. The van der Waals surface area contributed by atoms with Gasteiger partial charge < -0.3 is 5.32 Å². The highest BCUT2D eigenvalue weighted by Crippen LogP contribution is 2.19. The quantitative estimate of drug-likeness (QED) is 0.845. The van der Waals surface area contributed by atoms with E-state index >= 15 is 0 Å². The van der Waals surface area contributed by atoms with Gasteiger partial charge in [0.1, 0.15) is 0 Å². The average Bonchev–Trinajstić information content (AvgIpc) is 3.05. The van der Waals surface area contributed by atoms with Crippen molar-refractivity contribution in [2.24, 2.45) is 0 Å². The van der Waals surface area contributed by atoms with Crippen LogP contribution in [-0.2, 0) is 13.0 Å². The molecule has 1 atom stereocenters. The lowest BCUT2D eigenvalue weighted by Gasteiger charge is -2.12. The number of hydrogen-bond acceptors (Lipinski definition) is 5. The van der Waals surface area contributed by atoms with Crippen LogP contribution in [0, 0.1) is 0 Å². The molecule has 1 N–H and O–H groups in total. The zero-order valence-electron chi connectivity index (χ0n) is 11.8. The van der Waals surface area contributed by atoms with Crippen molar-refractivity contribution in [2.75, 3.05) is 6.54 Å². The van der Waals surface area contributed by atoms with E-state index in [1.165, 1.54) is 10.4 Å². The highest BCUT2D eigenvalue weighted by molar-refractivity contribution is 7.10. The van der Waals surface area contributed by atoms with E-state index in [2.05, 4.69) is 53.1 Å². The van der Waals surface area contributed by atoms with Crippen molar-refractivity contribution < 1.29 is 0 Å². The molecule has 2 aromatic rings. The first-order valence-corrected chi connectivity index (χ1v) is 7.68. The smallest absolute Gasteiger partial charge is 0.168 e. The number of nitrogens with one attached hydrogen (secondary N) is 1. The van der Waals surface area contributed by atoms with Gasteiger partial charge >= 0.3 is 0 Å². The number of hydrogen-bond donors (Lipinski definition) is 1. The van der Waals surface area contributed by atoms with Crippen LogP contribution in [0.5, 0.6) is 0 Å². The number of thiophene rings is 1. The van der Waals surface area contributed by atoms with Gasteiger partial charge in [0.2, 0.25) is 0 Å². The monoisotopic (exact) mass is 279 g/mol. The SMILES string of the molecule is CCCNC(C)c1nnnn1Cc1sccc1CC. The third kappa shape index (κ3) is 3.39. The molecule has 0 saturated heterocycles. The first kappa shape index (κ1) is 14.1. The highest BCUT2D eigenvalue weighted by atomic mass is 32.1. The van der Waals surface area contributed by atoms with E-state index in [4.69, 9.17) is 0 Å². The summed E-state index contributed by atoms with van der Waals surface area (Å²) in [7, 11) is 0. The number of aromatic nitrogens is 4. The van der Waals surface area contributed by atoms with Crippen molar-refractivity contribution in [3.05, 3.63) is 27.7 Å². The molecule has 2 aromatic heterocycles. The van der Waals surface area contributed by atoms with Crippen LogP contribution in [0.15, 0.2) is 11.4 Å². The lowest BCUT2D eigenvalue weighted by atomic mass is 10.2. The fraction of sp³-hybridized carbons (Fsp3) is 0.615. The van der Waals surface area contributed by atoms with Gasteiger partial charge in [-0.05, 0) is 53.7 Å². The Hall–Kier alpha value is -1.27. The predicted octanol–water partition coefficient (Wildman–Crippen LogP) is 2.41. The van der Waals surface area contributed by atoms with Crippen LogP contribution in [0.1, 0.15) is 49.5 Å². The molecule has 6 heteroatoms. The van der Waals surface area contributed by atoms with Crippen molar-refractivity contribution >= 4 is 11.3 Å². The van der Waals surface area contributed by atoms with E-state index in [0.717, 1.165) is 31.8 Å². The van der Waals surface area contributed by atoms with E-state index in [0.29, 0.717) is 0 Å². The Bertz CT molecular complexity index is 505.